The van der Waals surface area contributed by atoms with Gasteiger partial charge in [-0.2, -0.15) is 4.98 Å². The summed E-state index contributed by atoms with van der Waals surface area (Å²) in [6.07, 6.45) is 6.72. The fraction of sp³-hybridized carbons (Fsp3) is 0.385. The molecule has 1 aromatic carbocycles. The fourth-order valence-electron chi connectivity index (χ4n) is 4.57. The molecule has 3 N–H and O–H groups in total. The van der Waals surface area contributed by atoms with Crippen LogP contribution >= 0.6 is 0 Å². The van der Waals surface area contributed by atoms with E-state index in [9.17, 15) is 18.8 Å². The van der Waals surface area contributed by atoms with Gasteiger partial charge in [0.25, 0.3) is 0 Å². The third-order valence-corrected chi connectivity index (χ3v) is 6.31. The lowest BCUT2D eigenvalue weighted by Gasteiger charge is -2.28. The van der Waals surface area contributed by atoms with Crippen LogP contribution < -0.4 is 16.3 Å². The molecule has 0 radical (unpaired) electrons. The van der Waals surface area contributed by atoms with E-state index < -0.39 is 23.6 Å². The Labute approximate surface area is 227 Å². The third-order valence-electron chi connectivity index (χ3n) is 6.31. The minimum absolute atomic E-state index is 0.0982. The first-order valence-electron chi connectivity index (χ1n) is 12.8. The Morgan fingerprint density at radius 2 is 1.93 bits per heavy atom. The van der Waals surface area contributed by atoms with E-state index in [-0.39, 0.29) is 35.2 Å². The Balaban J connectivity index is 1.33. The van der Waals surface area contributed by atoms with E-state index in [1.807, 2.05) is 0 Å². The van der Waals surface area contributed by atoms with Crippen molar-refractivity contribution < 1.29 is 23.5 Å². The number of hydrogen-bond acceptors (Lipinski definition) is 9. The molecule has 0 spiro atoms. The maximum atomic E-state index is 14.1. The van der Waals surface area contributed by atoms with Crippen LogP contribution in [0.25, 0.3) is 11.2 Å². The topological polar surface area (TPSA) is 158 Å². The number of nitrogens with one attached hydrogen (secondary N) is 3. The summed E-state index contributed by atoms with van der Waals surface area (Å²) in [7, 11) is 0. The van der Waals surface area contributed by atoms with Gasteiger partial charge in [-0.25, -0.2) is 33.3 Å². The summed E-state index contributed by atoms with van der Waals surface area (Å²) in [6, 6.07) is 3.61. The predicted octanol–water partition coefficient (Wildman–Crippen LogP) is 4.71. The summed E-state index contributed by atoms with van der Waals surface area (Å²) in [6.45, 7) is 5.20. The number of carbonyl (C=O) groups excluding carboxylic acids is 2. The second kappa shape index (κ2) is 10.8. The molecule has 40 heavy (non-hydrogen) atoms. The molecule has 0 atom stereocenters. The molecule has 3 aromatic heterocycles. The van der Waals surface area contributed by atoms with Gasteiger partial charge in [0.2, 0.25) is 5.95 Å². The molecule has 4 aromatic rings. The number of amides is 1. The van der Waals surface area contributed by atoms with Crippen LogP contribution in [0.1, 0.15) is 52.5 Å². The third kappa shape index (κ3) is 6.11. The molecule has 1 aliphatic carbocycles. The van der Waals surface area contributed by atoms with Crippen LogP contribution in [0.2, 0.25) is 0 Å². The van der Waals surface area contributed by atoms with Gasteiger partial charge in [-0.15, -0.1) is 0 Å². The fourth-order valence-corrected chi connectivity index (χ4v) is 4.57. The number of anilines is 3. The Bertz CT molecular complexity index is 1580. The standard InChI is InChI=1S/C26H29FN8O5/c1-26(2,3)40-24(37)32-18-9-4-15(27)12-19(18)30-22-29-13-20-21(33-22)35(23(36)31-20)16-5-7-17(8-6-16)39-25(38)34-11-10-28-14-34/h4,9-14,16-17H,5-8H2,1-3H3,(H,31,36)(H,32,37)(H,29,30,33)/t16-,17-. The van der Waals surface area contributed by atoms with E-state index in [1.54, 1.807) is 25.3 Å². The second-order valence-electron chi connectivity index (χ2n) is 10.5. The van der Waals surface area contributed by atoms with E-state index >= 15 is 0 Å². The van der Waals surface area contributed by atoms with Crippen molar-refractivity contribution in [1.29, 1.82) is 0 Å². The molecule has 3 heterocycles. The molecule has 1 fully saturated rings. The van der Waals surface area contributed by atoms with Gasteiger partial charge in [-0.1, -0.05) is 0 Å². The molecule has 14 heteroatoms. The molecule has 0 bridgehead atoms. The molecule has 5 rings (SSSR count). The van der Waals surface area contributed by atoms with Crippen molar-refractivity contribution in [2.24, 2.45) is 0 Å². The first-order chi connectivity index (χ1) is 19.1. The summed E-state index contributed by atoms with van der Waals surface area (Å²) in [5, 5.41) is 5.53. The average molecular weight is 553 g/mol. The number of nitrogens with zero attached hydrogens (tertiary/aromatic N) is 5. The van der Waals surface area contributed by atoms with Crippen molar-refractivity contribution in [3.05, 3.63) is 59.4 Å². The van der Waals surface area contributed by atoms with Gasteiger partial charge in [-0.05, 0) is 64.7 Å². The molecule has 1 saturated carbocycles. The van der Waals surface area contributed by atoms with Gasteiger partial charge < -0.3 is 19.8 Å². The molecule has 1 aliphatic rings. The van der Waals surface area contributed by atoms with Gasteiger partial charge in [0.15, 0.2) is 5.65 Å². The molecule has 0 saturated heterocycles. The minimum atomic E-state index is -0.718. The predicted molar refractivity (Wildman–Crippen MR) is 143 cm³/mol. The molecular weight excluding hydrogens is 523 g/mol. The summed E-state index contributed by atoms with van der Waals surface area (Å²) >= 11 is 0. The van der Waals surface area contributed by atoms with Crippen LogP contribution in [-0.4, -0.2) is 53.0 Å². The molecule has 1 amide bonds. The summed E-state index contributed by atoms with van der Waals surface area (Å²) in [5.41, 5.74) is 0.225. The summed E-state index contributed by atoms with van der Waals surface area (Å²) in [5.74, 6) is -0.441. The maximum absolute atomic E-state index is 14.1. The van der Waals surface area contributed by atoms with Crippen molar-refractivity contribution >= 4 is 40.7 Å². The zero-order chi connectivity index (χ0) is 28.4. The van der Waals surface area contributed by atoms with Crippen LogP contribution in [0.5, 0.6) is 0 Å². The lowest BCUT2D eigenvalue weighted by Crippen LogP contribution is -2.30. The van der Waals surface area contributed by atoms with E-state index in [4.69, 9.17) is 9.47 Å². The number of halogens is 1. The average Bonchev–Trinajstić information content (AvgIpc) is 3.53. The van der Waals surface area contributed by atoms with Crippen LogP contribution in [0.15, 0.2) is 47.9 Å². The Kier molecular flexibility index (Phi) is 7.24. The number of aromatic nitrogens is 6. The number of fused-ring (bicyclic) bond motifs is 1. The van der Waals surface area contributed by atoms with E-state index in [0.717, 1.165) is 0 Å². The Morgan fingerprint density at radius 3 is 2.62 bits per heavy atom. The maximum Gasteiger partial charge on any atom is 0.419 e. The van der Waals surface area contributed by atoms with Crippen molar-refractivity contribution in [2.45, 2.75) is 64.2 Å². The highest BCUT2D eigenvalue weighted by atomic mass is 19.1. The molecule has 0 unspecified atom stereocenters. The lowest BCUT2D eigenvalue weighted by atomic mass is 9.93. The van der Waals surface area contributed by atoms with Crippen molar-refractivity contribution in [1.82, 2.24) is 29.1 Å². The molecule has 0 aliphatic heterocycles. The van der Waals surface area contributed by atoms with E-state index in [2.05, 4.69) is 30.6 Å². The van der Waals surface area contributed by atoms with Crippen LogP contribution in [0.4, 0.5) is 31.3 Å². The van der Waals surface area contributed by atoms with Crippen molar-refractivity contribution in [2.75, 3.05) is 10.6 Å². The first-order valence-corrected chi connectivity index (χ1v) is 12.8. The van der Waals surface area contributed by atoms with E-state index in [0.29, 0.717) is 36.8 Å². The second-order valence-corrected chi connectivity index (χ2v) is 10.5. The molecular formula is C26H29FN8O5. The SMILES string of the molecule is CC(C)(C)OC(=O)Nc1ccc(F)cc1Nc1ncc2[nH]c(=O)n([C@H]3CC[C@H](OC(=O)n4ccnc4)CC3)c2n1. The summed E-state index contributed by atoms with van der Waals surface area (Å²) < 4.78 is 27.8. The number of benzene rings is 1. The number of H-pyrrole nitrogens is 1. The van der Waals surface area contributed by atoms with E-state index in [1.165, 1.54) is 47.7 Å². The normalized spacial score (nSPS) is 17.4. The van der Waals surface area contributed by atoms with Gasteiger partial charge in [0, 0.05) is 18.4 Å². The highest BCUT2D eigenvalue weighted by Crippen LogP contribution is 2.32. The zero-order valence-electron chi connectivity index (χ0n) is 22.2. The highest BCUT2D eigenvalue weighted by Gasteiger charge is 2.28. The van der Waals surface area contributed by atoms with Crippen molar-refractivity contribution in [3.63, 3.8) is 0 Å². The van der Waals surface area contributed by atoms with Crippen molar-refractivity contribution in [3.8, 4) is 0 Å². The number of carbonyl (C=O) groups is 2. The number of hydrogen-bond donors (Lipinski definition) is 3. The van der Waals surface area contributed by atoms with Gasteiger partial charge >= 0.3 is 17.9 Å². The quantitative estimate of drug-likeness (QED) is 0.319. The minimum Gasteiger partial charge on any atom is -0.446 e. The van der Waals surface area contributed by atoms with Gasteiger partial charge in [0.1, 0.15) is 29.4 Å². The van der Waals surface area contributed by atoms with Gasteiger partial charge in [-0.3, -0.25) is 9.88 Å². The number of ether oxygens (including phenoxy) is 2. The number of imidazole rings is 2. The monoisotopic (exact) mass is 552 g/mol. The smallest absolute Gasteiger partial charge is 0.419 e. The largest absolute Gasteiger partial charge is 0.446 e. The number of rotatable bonds is 5. The summed E-state index contributed by atoms with van der Waals surface area (Å²) in [4.78, 5) is 52.8. The Morgan fingerprint density at radius 1 is 1.15 bits per heavy atom. The number of aromatic amines is 1. The molecule has 13 nitrogen and oxygen atoms in total. The Hall–Kier alpha value is -4.75. The lowest BCUT2D eigenvalue weighted by molar-refractivity contribution is 0.0634. The molecule has 210 valence electrons. The van der Waals surface area contributed by atoms with Crippen LogP contribution in [0, 0.1) is 5.82 Å². The van der Waals surface area contributed by atoms with Crippen LogP contribution in [0.3, 0.4) is 0 Å². The van der Waals surface area contributed by atoms with Gasteiger partial charge in [0.05, 0.1) is 17.6 Å². The first kappa shape index (κ1) is 26.8. The van der Waals surface area contributed by atoms with Crippen LogP contribution in [-0.2, 0) is 9.47 Å². The zero-order valence-corrected chi connectivity index (χ0v) is 22.2. The highest BCUT2D eigenvalue weighted by molar-refractivity contribution is 5.90.